The lowest BCUT2D eigenvalue weighted by Gasteiger charge is -2.36. The fourth-order valence-electron chi connectivity index (χ4n) is 4.73. The van der Waals surface area contributed by atoms with Gasteiger partial charge in [0.2, 0.25) is 0 Å². The van der Waals surface area contributed by atoms with Crippen molar-refractivity contribution in [3.05, 3.63) is 88.9 Å². The van der Waals surface area contributed by atoms with Gasteiger partial charge in [-0.25, -0.2) is 4.79 Å². The lowest BCUT2D eigenvalue weighted by Crippen LogP contribution is -2.35. The Kier molecular flexibility index (Phi) is 7.48. The molecule has 0 bridgehead atoms. The van der Waals surface area contributed by atoms with Gasteiger partial charge in [-0.2, -0.15) is 5.26 Å². The van der Waals surface area contributed by atoms with Crippen LogP contribution in [0.4, 0.5) is 5.69 Å². The molecule has 0 aliphatic carbocycles. The number of nitrogens with zero attached hydrogens (tertiary/aromatic N) is 2. The van der Waals surface area contributed by atoms with Gasteiger partial charge in [-0.3, -0.25) is 0 Å². The van der Waals surface area contributed by atoms with Crippen LogP contribution in [-0.2, 0) is 4.74 Å². The van der Waals surface area contributed by atoms with Crippen LogP contribution in [0.2, 0.25) is 5.02 Å². The summed E-state index contributed by atoms with van der Waals surface area (Å²) in [6, 6.07) is 26.2. The predicted molar refractivity (Wildman–Crippen MR) is 142 cm³/mol. The van der Waals surface area contributed by atoms with E-state index in [2.05, 4.69) is 23.1 Å². The molecule has 35 heavy (non-hydrogen) atoms. The molecule has 0 amide bonds. The Labute approximate surface area is 213 Å². The molecule has 0 radical (unpaired) electrons. The summed E-state index contributed by atoms with van der Waals surface area (Å²) in [5.41, 5.74) is 4.38. The van der Waals surface area contributed by atoms with Crippen LogP contribution in [0.1, 0.15) is 55.5 Å². The van der Waals surface area contributed by atoms with Crippen LogP contribution in [0, 0.1) is 17.2 Å². The topological polar surface area (TPSA) is 53.3 Å². The first-order valence-electron chi connectivity index (χ1n) is 12.1. The zero-order valence-electron chi connectivity index (χ0n) is 20.5. The van der Waals surface area contributed by atoms with Crippen LogP contribution in [0.25, 0.3) is 11.1 Å². The van der Waals surface area contributed by atoms with Crippen LogP contribution in [0.5, 0.6) is 0 Å². The van der Waals surface area contributed by atoms with Crippen molar-refractivity contribution in [3.63, 3.8) is 0 Å². The van der Waals surface area contributed by atoms with Crippen molar-refractivity contribution in [2.45, 2.75) is 45.1 Å². The van der Waals surface area contributed by atoms with Crippen molar-refractivity contribution >= 4 is 23.3 Å². The highest BCUT2D eigenvalue weighted by Gasteiger charge is 2.29. The van der Waals surface area contributed by atoms with Crippen LogP contribution in [0.15, 0.2) is 72.8 Å². The van der Waals surface area contributed by atoms with Crippen molar-refractivity contribution in [2.24, 2.45) is 5.92 Å². The molecule has 0 N–H and O–H groups in total. The normalized spacial score (nSPS) is 15.3. The van der Waals surface area contributed by atoms with E-state index in [4.69, 9.17) is 16.3 Å². The number of nitriles is 1. The largest absolute Gasteiger partial charge is 0.456 e. The third-order valence-electron chi connectivity index (χ3n) is 6.47. The smallest absolute Gasteiger partial charge is 0.338 e. The summed E-state index contributed by atoms with van der Waals surface area (Å²) in [5, 5.41) is 10.9. The van der Waals surface area contributed by atoms with E-state index in [9.17, 15) is 10.1 Å². The number of rotatable bonds is 5. The summed E-state index contributed by atoms with van der Waals surface area (Å²) in [5.74, 6) is -0.191. The minimum absolute atomic E-state index is 0.168. The molecule has 5 heteroatoms. The van der Waals surface area contributed by atoms with Gasteiger partial charge in [0.25, 0.3) is 0 Å². The second-order valence-corrected chi connectivity index (χ2v) is 10.5. The standard InChI is InChI=1S/C30H31ClN2O2/c1-30(2,3)35-29(34)23-10-14-25(15-11-23)33-18-16-22(17-19-33)28(20-32)27-7-5-4-6-26(27)21-8-12-24(31)13-9-21/h4-15,22,28H,16-19H2,1-3H3. The van der Waals surface area contributed by atoms with E-state index < -0.39 is 5.60 Å². The molecule has 4 nitrogen and oxygen atoms in total. The van der Waals surface area contributed by atoms with E-state index in [0.29, 0.717) is 10.6 Å². The maximum Gasteiger partial charge on any atom is 0.338 e. The highest BCUT2D eigenvalue weighted by molar-refractivity contribution is 6.30. The van der Waals surface area contributed by atoms with Gasteiger partial charge in [-0.1, -0.05) is 48.0 Å². The molecule has 3 aromatic carbocycles. The fourth-order valence-corrected chi connectivity index (χ4v) is 4.85. The van der Waals surface area contributed by atoms with E-state index >= 15 is 0 Å². The van der Waals surface area contributed by atoms with Crippen LogP contribution in [0.3, 0.4) is 0 Å². The maximum atomic E-state index is 12.3. The Bertz CT molecular complexity index is 1200. The Morgan fingerprint density at radius 2 is 1.63 bits per heavy atom. The molecule has 1 unspecified atom stereocenters. The highest BCUT2D eigenvalue weighted by Crippen LogP contribution is 2.38. The summed E-state index contributed by atoms with van der Waals surface area (Å²) in [4.78, 5) is 14.6. The van der Waals surface area contributed by atoms with E-state index in [-0.39, 0.29) is 17.8 Å². The van der Waals surface area contributed by atoms with Crippen molar-refractivity contribution in [3.8, 4) is 17.2 Å². The minimum atomic E-state index is -0.513. The molecule has 1 aliphatic rings. The van der Waals surface area contributed by atoms with Crippen molar-refractivity contribution in [1.82, 2.24) is 0 Å². The molecule has 1 fully saturated rings. The molecular weight excluding hydrogens is 456 g/mol. The summed E-state index contributed by atoms with van der Waals surface area (Å²) in [6.45, 7) is 7.35. The summed E-state index contributed by atoms with van der Waals surface area (Å²) < 4.78 is 5.46. The van der Waals surface area contributed by atoms with Gasteiger partial charge in [0, 0.05) is 23.8 Å². The van der Waals surface area contributed by atoms with E-state index in [1.807, 2.05) is 81.4 Å². The second-order valence-electron chi connectivity index (χ2n) is 10.1. The average Bonchev–Trinajstić information content (AvgIpc) is 2.85. The van der Waals surface area contributed by atoms with E-state index in [1.54, 1.807) is 0 Å². The molecule has 1 heterocycles. The Balaban J connectivity index is 1.45. The number of benzene rings is 3. The molecule has 1 atom stereocenters. The second kappa shape index (κ2) is 10.5. The quantitative estimate of drug-likeness (QED) is 0.350. The van der Waals surface area contributed by atoms with Crippen molar-refractivity contribution in [1.29, 1.82) is 5.26 Å². The third kappa shape index (κ3) is 6.05. The molecule has 0 aromatic heterocycles. The van der Waals surface area contributed by atoms with Gasteiger partial charge < -0.3 is 9.64 Å². The van der Waals surface area contributed by atoms with E-state index in [0.717, 1.165) is 48.3 Å². The van der Waals surface area contributed by atoms with E-state index in [1.165, 1.54) is 0 Å². The number of esters is 1. The number of hydrogen-bond acceptors (Lipinski definition) is 4. The van der Waals surface area contributed by atoms with Gasteiger partial charge in [0.15, 0.2) is 0 Å². The molecular formula is C30H31ClN2O2. The lowest BCUT2D eigenvalue weighted by molar-refractivity contribution is 0.00695. The number of hydrogen-bond donors (Lipinski definition) is 0. The molecule has 0 spiro atoms. The van der Waals surface area contributed by atoms with Gasteiger partial charge in [-0.05, 0) is 92.6 Å². The first kappa shape index (κ1) is 24.8. The molecule has 1 aliphatic heterocycles. The highest BCUT2D eigenvalue weighted by atomic mass is 35.5. The Morgan fingerprint density at radius 3 is 2.23 bits per heavy atom. The van der Waals surface area contributed by atoms with Crippen molar-refractivity contribution in [2.75, 3.05) is 18.0 Å². The summed E-state index contributed by atoms with van der Waals surface area (Å²) in [6.07, 6.45) is 1.86. The Hall–Kier alpha value is -3.29. The number of piperidine rings is 1. The van der Waals surface area contributed by atoms with Gasteiger partial charge in [0.05, 0.1) is 17.6 Å². The van der Waals surface area contributed by atoms with Gasteiger partial charge in [0.1, 0.15) is 5.60 Å². The van der Waals surface area contributed by atoms with Crippen LogP contribution < -0.4 is 4.90 Å². The lowest BCUT2D eigenvalue weighted by atomic mass is 9.78. The predicted octanol–water partition coefficient (Wildman–Crippen LogP) is 7.49. The number of carbonyl (C=O) groups excluding carboxylic acids is 1. The van der Waals surface area contributed by atoms with Crippen LogP contribution in [-0.4, -0.2) is 24.7 Å². The Morgan fingerprint density at radius 1 is 1.00 bits per heavy atom. The van der Waals surface area contributed by atoms with Crippen LogP contribution >= 0.6 is 11.6 Å². The number of ether oxygens (including phenoxy) is 1. The molecule has 3 aromatic rings. The number of anilines is 1. The first-order chi connectivity index (χ1) is 16.7. The molecule has 0 saturated carbocycles. The van der Waals surface area contributed by atoms with Gasteiger partial charge in [-0.15, -0.1) is 0 Å². The summed E-state index contributed by atoms with van der Waals surface area (Å²) in [7, 11) is 0. The molecule has 180 valence electrons. The van der Waals surface area contributed by atoms with Crippen molar-refractivity contribution < 1.29 is 9.53 Å². The third-order valence-corrected chi connectivity index (χ3v) is 6.72. The zero-order valence-corrected chi connectivity index (χ0v) is 21.3. The molecule has 1 saturated heterocycles. The molecule has 4 rings (SSSR count). The van der Waals surface area contributed by atoms with Gasteiger partial charge >= 0.3 is 5.97 Å². The zero-order chi connectivity index (χ0) is 25.0. The maximum absolute atomic E-state index is 12.3. The minimum Gasteiger partial charge on any atom is -0.456 e. The SMILES string of the molecule is CC(C)(C)OC(=O)c1ccc(N2CCC(C(C#N)c3ccccc3-c3ccc(Cl)cc3)CC2)cc1. The number of halogens is 1. The average molecular weight is 487 g/mol. The monoisotopic (exact) mass is 486 g/mol. The number of carbonyl (C=O) groups is 1. The fraction of sp³-hybridized carbons (Fsp3) is 0.333. The first-order valence-corrected chi connectivity index (χ1v) is 12.5. The summed E-state index contributed by atoms with van der Waals surface area (Å²) >= 11 is 6.08.